The highest BCUT2D eigenvalue weighted by molar-refractivity contribution is 5.96. The lowest BCUT2D eigenvalue weighted by Crippen LogP contribution is -2.46. The van der Waals surface area contributed by atoms with Crippen LogP contribution in [0.5, 0.6) is 0 Å². The van der Waals surface area contributed by atoms with Crippen molar-refractivity contribution in [2.24, 2.45) is 0 Å². The molecule has 1 fully saturated rings. The lowest BCUT2D eigenvalue weighted by atomic mass is 9.93. The third-order valence-electron chi connectivity index (χ3n) is 6.59. The van der Waals surface area contributed by atoms with E-state index in [9.17, 15) is 4.79 Å². The van der Waals surface area contributed by atoms with E-state index < -0.39 is 0 Å². The van der Waals surface area contributed by atoms with Gasteiger partial charge >= 0.3 is 0 Å². The molecule has 1 saturated heterocycles. The number of likely N-dealkylation sites (tertiary alicyclic amines) is 1. The van der Waals surface area contributed by atoms with Crippen molar-refractivity contribution in [2.45, 2.75) is 72.4 Å². The van der Waals surface area contributed by atoms with Crippen LogP contribution in [-0.2, 0) is 0 Å². The minimum absolute atomic E-state index is 0.0922. The number of carbonyl (C=O) groups is 1. The Hall–Kier alpha value is -2.74. The molecule has 0 aliphatic carbocycles. The number of hydrogen-bond donors (Lipinski definition) is 2. The second-order valence-electron chi connectivity index (χ2n) is 9.21. The molecule has 0 radical (unpaired) electrons. The van der Waals surface area contributed by atoms with E-state index in [1.165, 1.54) is 0 Å². The standard InChI is InChI=1S/C23H33N7O/c1-13(2)19-20(18-11-30-22(24-12-25-30)16(6)15(18)5)27-28-21(19)23(31)26-17-7-9-29(10-8-17)14(3)4/h11-14,17H,7-10H2,1-6H3,(H,26,31)(H,27,28). The van der Waals surface area contributed by atoms with Crippen molar-refractivity contribution < 1.29 is 4.79 Å². The molecule has 166 valence electrons. The molecular formula is C23H33N7O. The van der Waals surface area contributed by atoms with E-state index in [1.54, 1.807) is 10.8 Å². The lowest BCUT2D eigenvalue weighted by molar-refractivity contribution is 0.0894. The van der Waals surface area contributed by atoms with Gasteiger partial charge in [0.25, 0.3) is 5.91 Å². The zero-order chi connectivity index (χ0) is 22.3. The second kappa shape index (κ2) is 8.42. The van der Waals surface area contributed by atoms with Crippen molar-refractivity contribution in [1.29, 1.82) is 0 Å². The van der Waals surface area contributed by atoms with E-state index in [2.05, 4.69) is 65.1 Å². The lowest BCUT2D eigenvalue weighted by Gasteiger charge is -2.34. The van der Waals surface area contributed by atoms with Crippen LogP contribution in [-0.4, -0.2) is 60.8 Å². The van der Waals surface area contributed by atoms with E-state index >= 15 is 0 Å². The summed E-state index contributed by atoms with van der Waals surface area (Å²) in [6, 6.07) is 0.741. The number of amides is 1. The van der Waals surface area contributed by atoms with E-state index in [0.717, 1.165) is 59.5 Å². The number of H-pyrrole nitrogens is 1. The molecular weight excluding hydrogens is 390 g/mol. The summed E-state index contributed by atoms with van der Waals surface area (Å²) in [6.07, 6.45) is 5.47. The summed E-state index contributed by atoms with van der Waals surface area (Å²) in [7, 11) is 0. The van der Waals surface area contributed by atoms with Gasteiger partial charge in [0.15, 0.2) is 11.3 Å². The number of nitrogens with one attached hydrogen (secondary N) is 2. The highest BCUT2D eigenvalue weighted by atomic mass is 16.2. The largest absolute Gasteiger partial charge is 0.348 e. The summed E-state index contributed by atoms with van der Waals surface area (Å²) in [6.45, 7) is 14.8. The number of aryl methyl sites for hydroxylation is 1. The van der Waals surface area contributed by atoms with Gasteiger partial charge in [-0.25, -0.2) is 9.50 Å². The molecule has 8 heteroatoms. The van der Waals surface area contributed by atoms with Crippen LogP contribution in [0.3, 0.4) is 0 Å². The van der Waals surface area contributed by atoms with Gasteiger partial charge in [-0.3, -0.25) is 9.89 Å². The number of fused-ring (bicyclic) bond motifs is 1. The maximum absolute atomic E-state index is 13.2. The SMILES string of the molecule is Cc1c(-c2[nH]nc(C(=O)NC3CCN(C(C)C)CC3)c2C(C)C)cn2ncnc2c1C. The second-order valence-corrected chi connectivity index (χ2v) is 9.21. The molecule has 1 aliphatic heterocycles. The molecule has 0 unspecified atom stereocenters. The predicted molar refractivity (Wildman–Crippen MR) is 121 cm³/mol. The minimum Gasteiger partial charge on any atom is -0.348 e. The number of carbonyl (C=O) groups excluding carboxylic acids is 1. The van der Waals surface area contributed by atoms with Gasteiger partial charge in [0.2, 0.25) is 0 Å². The minimum atomic E-state index is -0.0922. The van der Waals surface area contributed by atoms with E-state index in [1.807, 2.05) is 13.1 Å². The first kappa shape index (κ1) is 21.5. The van der Waals surface area contributed by atoms with E-state index in [0.29, 0.717) is 11.7 Å². The first-order valence-electron chi connectivity index (χ1n) is 11.2. The van der Waals surface area contributed by atoms with Gasteiger partial charge in [-0.05, 0) is 57.6 Å². The summed E-state index contributed by atoms with van der Waals surface area (Å²) < 4.78 is 1.78. The van der Waals surface area contributed by atoms with E-state index in [4.69, 9.17) is 0 Å². The average molecular weight is 424 g/mol. The Morgan fingerprint density at radius 1 is 1.16 bits per heavy atom. The third kappa shape index (κ3) is 3.96. The predicted octanol–water partition coefficient (Wildman–Crippen LogP) is 3.46. The van der Waals surface area contributed by atoms with Crippen molar-refractivity contribution >= 4 is 11.6 Å². The number of piperidine rings is 1. The number of nitrogens with zero attached hydrogens (tertiary/aromatic N) is 5. The molecule has 1 aliphatic rings. The first-order chi connectivity index (χ1) is 14.8. The van der Waals surface area contributed by atoms with Crippen LogP contribution >= 0.6 is 0 Å². The molecule has 31 heavy (non-hydrogen) atoms. The Morgan fingerprint density at radius 2 is 1.87 bits per heavy atom. The van der Waals surface area contributed by atoms with Crippen LogP contribution in [0.4, 0.5) is 0 Å². The molecule has 0 atom stereocenters. The highest BCUT2D eigenvalue weighted by Crippen LogP contribution is 2.33. The van der Waals surface area contributed by atoms with Gasteiger partial charge in [0, 0.05) is 42.5 Å². The highest BCUT2D eigenvalue weighted by Gasteiger charge is 2.28. The summed E-state index contributed by atoms with van der Waals surface area (Å²) in [5, 5.41) is 15.2. The zero-order valence-corrected chi connectivity index (χ0v) is 19.4. The Bertz CT molecular complexity index is 1090. The van der Waals surface area contributed by atoms with Gasteiger partial charge in [0.05, 0.1) is 5.69 Å². The maximum atomic E-state index is 13.2. The Kier molecular flexibility index (Phi) is 5.83. The first-order valence-corrected chi connectivity index (χ1v) is 11.2. The van der Waals surface area contributed by atoms with Gasteiger partial charge in [-0.15, -0.1) is 0 Å². The molecule has 8 nitrogen and oxygen atoms in total. The fraction of sp³-hybridized carbons (Fsp3) is 0.565. The van der Waals surface area contributed by atoms with Gasteiger partial charge < -0.3 is 10.2 Å². The summed E-state index contributed by atoms with van der Waals surface area (Å²) in [5.74, 6) is 0.0499. The fourth-order valence-electron chi connectivity index (χ4n) is 4.56. The molecule has 3 aromatic rings. The van der Waals surface area contributed by atoms with Crippen LogP contribution in [0.2, 0.25) is 0 Å². The fourth-order valence-corrected chi connectivity index (χ4v) is 4.56. The van der Waals surface area contributed by atoms with Gasteiger partial charge in [-0.2, -0.15) is 10.2 Å². The Balaban J connectivity index is 1.63. The molecule has 0 saturated carbocycles. The van der Waals surface area contributed by atoms with Crippen molar-refractivity contribution in [3.05, 3.63) is 34.9 Å². The molecule has 0 bridgehead atoms. The topological polar surface area (TPSA) is 91.2 Å². The Labute approximate surface area is 183 Å². The Morgan fingerprint density at radius 3 is 2.52 bits per heavy atom. The summed E-state index contributed by atoms with van der Waals surface area (Å²) in [5.41, 5.74) is 6.34. The summed E-state index contributed by atoms with van der Waals surface area (Å²) >= 11 is 0. The normalized spacial score (nSPS) is 16.0. The van der Waals surface area contributed by atoms with Crippen molar-refractivity contribution in [3.63, 3.8) is 0 Å². The number of aromatic nitrogens is 5. The van der Waals surface area contributed by atoms with Crippen LogP contribution in [0.25, 0.3) is 16.9 Å². The van der Waals surface area contributed by atoms with Crippen LogP contribution in [0.15, 0.2) is 12.5 Å². The van der Waals surface area contributed by atoms with Crippen LogP contribution in [0.1, 0.15) is 73.6 Å². The quantitative estimate of drug-likeness (QED) is 0.656. The molecule has 1 amide bonds. The van der Waals surface area contributed by atoms with Crippen molar-refractivity contribution in [3.8, 4) is 11.3 Å². The monoisotopic (exact) mass is 423 g/mol. The number of aromatic amines is 1. The van der Waals surface area contributed by atoms with Crippen molar-refractivity contribution in [2.75, 3.05) is 13.1 Å². The van der Waals surface area contributed by atoms with E-state index in [-0.39, 0.29) is 17.9 Å². The number of rotatable bonds is 5. The third-order valence-corrected chi connectivity index (χ3v) is 6.59. The van der Waals surface area contributed by atoms with Crippen LogP contribution in [0, 0.1) is 13.8 Å². The van der Waals surface area contributed by atoms with Gasteiger partial charge in [0.1, 0.15) is 6.33 Å². The molecule has 0 spiro atoms. The number of hydrogen-bond acceptors (Lipinski definition) is 5. The maximum Gasteiger partial charge on any atom is 0.272 e. The van der Waals surface area contributed by atoms with Crippen LogP contribution < -0.4 is 5.32 Å². The molecule has 4 heterocycles. The smallest absolute Gasteiger partial charge is 0.272 e. The molecule has 4 rings (SSSR count). The number of pyridine rings is 1. The van der Waals surface area contributed by atoms with Crippen molar-refractivity contribution in [1.82, 2.24) is 35.0 Å². The molecule has 0 aromatic carbocycles. The zero-order valence-electron chi connectivity index (χ0n) is 19.4. The van der Waals surface area contributed by atoms with Gasteiger partial charge in [-0.1, -0.05) is 13.8 Å². The average Bonchev–Trinajstić information content (AvgIpc) is 3.38. The molecule has 3 aromatic heterocycles. The molecule has 2 N–H and O–H groups in total. The summed E-state index contributed by atoms with van der Waals surface area (Å²) in [4.78, 5) is 20.0.